The number of anilines is 1. The first-order valence-corrected chi connectivity index (χ1v) is 6.54. The van der Waals surface area contributed by atoms with Crippen LogP contribution in [-0.2, 0) is 4.74 Å². The number of hydrogen-bond acceptors (Lipinski definition) is 3. The van der Waals surface area contributed by atoms with E-state index in [0.717, 1.165) is 23.4 Å². The van der Waals surface area contributed by atoms with Gasteiger partial charge >= 0.3 is 0 Å². The first-order chi connectivity index (χ1) is 9.33. The molecule has 3 atom stereocenters. The number of furan rings is 1. The summed E-state index contributed by atoms with van der Waals surface area (Å²) in [5.74, 6) is 0.988. The lowest BCUT2D eigenvalue weighted by atomic mass is 9.83. The van der Waals surface area contributed by atoms with Crippen LogP contribution in [0.25, 0.3) is 0 Å². The largest absolute Gasteiger partial charge is 0.467 e. The van der Waals surface area contributed by atoms with Gasteiger partial charge in [-0.25, -0.2) is 4.39 Å². The lowest BCUT2D eigenvalue weighted by molar-refractivity contribution is 0.0805. The summed E-state index contributed by atoms with van der Waals surface area (Å²) < 4.78 is 24.8. The van der Waals surface area contributed by atoms with E-state index >= 15 is 0 Å². The average Bonchev–Trinajstić information content (AvgIpc) is 3.09. The van der Waals surface area contributed by atoms with Crippen LogP contribution in [0, 0.1) is 11.7 Å². The van der Waals surface area contributed by atoms with Gasteiger partial charge in [-0.1, -0.05) is 0 Å². The highest BCUT2D eigenvalue weighted by Crippen LogP contribution is 2.49. The minimum Gasteiger partial charge on any atom is -0.467 e. The van der Waals surface area contributed by atoms with Crippen molar-refractivity contribution in [2.75, 3.05) is 11.9 Å². The van der Waals surface area contributed by atoms with Crippen LogP contribution in [0.2, 0.25) is 0 Å². The summed E-state index contributed by atoms with van der Waals surface area (Å²) in [6.45, 7) is 0.712. The van der Waals surface area contributed by atoms with E-state index < -0.39 is 0 Å². The zero-order valence-electron chi connectivity index (χ0n) is 10.3. The third kappa shape index (κ3) is 1.67. The molecule has 98 valence electrons. The maximum atomic E-state index is 13.4. The SMILES string of the molecule is Fc1ccc2c(c1)[C@@H]1OCC[C@@H]1[C@@H](c1ccco1)N2. The Morgan fingerprint density at radius 3 is 3.05 bits per heavy atom. The van der Waals surface area contributed by atoms with Crippen LogP contribution in [0.3, 0.4) is 0 Å². The minimum atomic E-state index is -0.216. The molecular weight excluding hydrogens is 245 g/mol. The molecule has 0 saturated carbocycles. The van der Waals surface area contributed by atoms with Crippen LogP contribution in [0.4, 0.5) is 10.1 Å². The molecule has 0 spiro atoms. The van der Waals surface area contributed by atoms with Crippen molar-refractivity contribution in [1.82, 2.24) is 0 Å². The van der Waals surface area contributed by atoms with Gasteiger partial charge in [0.25, 0.3) is 0 Å². The molecule has 2 aromatic rings. The Kier molecular flexibility index (Phi) is 2.38. The first-order valence-electron chi connectivity index (χ1n) is 6.54. The van der Waals surface area contributed by atoms with Crippen molar-refractivity contribution >= 4 is 5.69 Å². The molecule has 1 N–H and O–H groups in total. The monoisotopic (exact) mass is 259 g/mol. The van der Waals surface area contributed by atoms with Gasteiger partial charge in [0.2, 0.25) is 0 Å². The number of ether oxygens (including phenoxy) is 1. The predicted octanol–water partition coefficient (Wildman–Crippen LogP) is 3.66. The zero-order chi connectivity index (χ0) is 12.8. The highest BCUT2D eigenvalue weighted by Gasteiger charge is 2.42. The molecule has 3 nitrogen and oxygen atoms in total. The van der Waals surface area contributed by atoms with Crippen molar-refractivity contribution in [3.63, 3.8) is 0 Å². The molecule has 1 aromatic heterocycles. The van der Waals surface area contributed by atoms with E-state index in [9.17, 15) is 4.39 Å². The molecule has 19 heavy (non-hydrogen) atoms. The standard InChI is InChI=1S/C15H14FNO2/c16-9-3-4-12-11(8-9)15-10(5-7-19-15)14(17-12)13-2-1-6-18-13/h1-4,6,8,10,14-15,17H,5,7H2/t10-,14+,15-/m1/s1. The molecule has 2 aliphatic heterocycles. The van der Waals surface area contributed by atoms with Crippen LogP contribution in [-0.4, -0.2) is 6.61 Å². The minimum absolute atomic E-state index is 0.0398. The highest BCUT2D eigenvalue weighted by molar-refractivity contribution is 5.56. The van der Waals surface area contributed by atoms with Gasteiger partial charge < -0.3 is 14.5 Å². The zero-order valence-corrected chi connectivity index (χ0v) is 10.3. The van der Waals surface area contributed by atoms with Crippen molar-refractivity contribution in [2.24, 2.45) is 5.92 Å². The van der Waals surface area contributed by atoms with E-state index in [2.05, 4.69) is 5.32 Å². The van der Waals surface area contributed by atoms with Gasteiger partial charge in [-0.05, 0) is 36.8 Å². The Morgan fingerprint density at radius 2 is 2.21 bits per heavy atom. The Morgan fingerprint density at radius 1 is 1.26 bits per heavy atom. The van der Waals surface area contributed by atoms with Crippen LogP contribution in [0.1, 0.15) is 29.9 Å². The lowest BCUT2D eigenvalue weighted by Crippen LogP contribution is -2.29. The second kappa shape index (κ2) is 4.10. The number of rotatable bonds is 1. The maximum Gasteiger partial charge on any atom is 0.126 e. The van der Waals surface area contributed by atoms with Crippen molar-refractivity contribution in [2.45, 2.75) is 18.6 Å². The van der Waals surface area contributed by atoms with Crippen LogP contribution in [0.15, 0.2) is 41.0 Å². The molecule has 3 heterocycles. The summed E-state index contributed by atoms with van der Waals surface area (Å²) in [6, 6.07) is 8.78. The van der Waals surface area contributed by atoms with Crippen LogP contribution >= 0.6 is 0 Å². The molecule has 1 fully saturated rings. The summed E-state index contributed by atoms with van der Waals surface area (Å²) in [5.41, 5.74) is 1.86. The van der Waals surface area contributed by atoms with Crippen molar-refractivity contribution in [1.29, 1.82) is 0 Å². The number of nitrogens with one attached hydrogen (secondary N) is 1. The smallest absolute Gasteiger partial charge is 0.126 e. The lowest BCUT2D eigenvalue weighted by Gasteiger charge is -2.35. The molecule has 0 unspecified atom stereocenters. The fourth-order valence-electron chi connectivity index (χ4n) is 3.19. The molecule has 0 bridgehead atoms. The van der Waals surface area contributed by atoms with Gasteiger partial charge in [0.15, 0.2) is 0 Å². The van der Waals surface area contributed by atoms with Gasteiger partial charge in [-0.15, -0.1) is 0 Å². The molecular formula is C15H14FNO2. The number of benzene rings is 1. The Hall–Kier alpha value is -1.81. The van der Waals surface area contributed by atoms with E-state index in [4.69, 9.17) is 9.15 Å². The van der Waals surface area contributed by atoms with Crippen LogP contribution < -0.4 is 5.32 Å². The molecule has 1 aromatic carbocycles. The van der Waals surface area contributed by atoms with E-state index in [0.29, 0.717) is 12.5 Å². The number of halogens is 1. The third-order valence-electron chi connectivity index (χ3n) is 4.05. The van der Waals surface area contributed by atoms with Crippen molar-refractivity contribution < 1.29 is 13.5 Å². The van der Waals surface area contributed by atoms with E-state index in [1.54, 1.807) is 18.4 Å². The molecule has 4 rings (SSSR count). The molecule has 2 aliphatic rings. The van der Waals surface area contributed by atoms with Crippen molar-refractivity contribution in [3.8, 4) is 0 Å². The average molecular weight is 259 g/mol. The highest BCUT2D eigenvalue weighted by atomic mass is 19.1. The van der Waals surface area contributed by atoms with Gasteiger partial charge in [-0.3, -0.25) is 0 Å². The maximum absolute atomic E-state index is 13.4. The second-order valence-corrected chi connectivity index (χ2v) is 5.11. The van der Waals surface area contributed by atoms with Crippen molar-refractivity contribution in [3.05, 3.63) is 53.7 Å². The fourth-order valence-corrected chi connectivity index (χ4v) is 3.19. The van der Waals surface area contributed by atoms with E-state index in [1.807, 2.05) is 12.1 Å². The summed E-state index contributed by atoms with van der Waals surface area (Å²) >= 11 is 0. The van der Waals surface area contributed by atoms with Gasteiger partial charge in [0, 0.05) is 23.8 Å². The van der Waals surface area contributed by atoms with E-state index in [-0.39, 0.29) is 18.0 Å². The quantitative estimate of drug-likeness (QED) is 0.848. The van der Waals surface area contributed by atoms with Gasteiger partial charge in [-0.2, -0.15) is 0 Å². The third-order valence-corrected chi connectivity index (χ3v) is 4.05. The van der Waals surface area contributed by atoms with E-state index in [1.165, 1.54) is 6.07 Å². The summed E-state index contributed by atoms with van der Waals surface area (Å²) in [6.07, 6.45) is 2.60. The van der Waals surface area contributed by atoms with Gasteiger partial charge in [0.05, 0.1) is 18.4 Å². The Bertz CT molecular complexity index is 596. The molecule has 0 amide bonds. The Balaban J connectivity index is 1.80. The predicted molar refractivity (Wildman–Crippen MR) is 68.3 cm³/mol. The number of hydrogen-bond donors (Lipinski definition) is 1. The second-order valence-electron chi connectivity index (χ2n) is 5.11. The van der Waals surface area contributed by atoms with Gasteiger partial charge in [0.1, 0.15) is 11.6 Å². The fraction of sp³-hybridized carbons (Fsp3) is 0.333. The Labute approximate surface area is 110 Å². The summed E-state index contributed by atoms with van der Waals surface area (Å²) in [4.78, 5) is 0. The molecule has 1 saturated heterocycles. The first kappa shape index (κ1) is 11.1. The van der Waals surface area contributed by atoms with Crippen LogP contribution in [0.5, 0.6) is 0 Å². The molecule has 4 heteroatoms. The molecule has 0 aliphatic carbocycles. The topological polar surface area (TPSA) is 34.4 Å². The molecule has 0 radical (unpaired) electrons. The summed E-state index contributed by atoms with van der Waals surface area (Å²) in [5, 5.41) is 3.46. The summed E-state index contributed by atoms with van der Waals surface area (Å²) in [7, 11) is 0. The number of fused-ring (bicyclic) bond motifs is 3. The normalized spacial score (nSPS) is 28.6.